The zero-order valence-electron chi connectivity index (χ0n) is 19.0. The number of imidazole rings is 1. The van der Waals surface area contributed by atoms with Gasteiger partial charge in [0.15, 0.2) is 0 Å². The Labute approximate surface area is 197 Å². The lowest BCUT2D eigenvalue weighted by Crippen LogP contribution is -2.38. The minimum atomic E-state index is -0.272. The number of aromatic nitrogens is 2. The molecule has 3 aromatic carbocycles. The number of hydrogen-bond acceptors (Lipinski definition) is 4. The molecule has 1 aliphatic heterocycles. The van der Waals surface area contributed by atoms with Crippen LogP contribution in [0.2, 0.25) is 0 Å². The van der Waals surface area contributed by atoms with Crippen molar-refractivity contribution in [3.05, 3.63) is 89.7 Å². The van der Waals surface area contributed by atoms with E-state index in [0.717, 1.165) is 29.7 Å². The summed E-state index contributed by atoms with van der Waals surface area (Å²) in [6.07, 6.45) is 1.68. The number of carbonyl (C=O) groups excluding carboxylic acids is 2. The summed E-state index contributed by atoms with van der Waals surface area (Å²) in [6.45, 7) is 1.28. The van der Waals surface area contributed by atoms with Crippen LogP contribution < -0.4 is 10.1 Å². The van der Waals surface area contributed by atoms with Crippen molar-refractivity contribution < 1.29 is 14.3 Å². The Bertz CT molecular complexity index is 1290. The number of carbonyl (C=O) groups is 2. The molecule has 0 saturated carbocycles. The van der Waals surface area contributed by atoms with Gasteiger partial charge in [0, 0.05) is 24.6 Å². The number of H-pyrrole nitrogens is 1. The Morgan fingerprint density at radius 3 is 2.41 bits per heavy atom. The van der Waals surface area contributed by atoms with Crippen LogP contribution in [0, 0.1) is 0 Å². The summed E-state index contributed by atoms with van der Waals surface area (Å²) >= 11 is 0. The summed E-state index contributed by atoms with van der Waals surface area (Å²) in [7, 11) is 1.58. The minimum absolute atomic E-state index is 0.0753. The first kappa shape index (κ1) is 21.7. The van der Waals surface area contributed by atoms with Crippen LogP contribution in [-0.2, 0) is 0 Å². The fourth-order valence-electron chi connectivity index (χ4n) is 4.41. The molecule has 0 spiro atoms. The van der Waals surface area contributed by atoms with Crippen molar-refractivity contribution in [2.75, 3.05) is 25.5 Å². The molecule has 4 aromatic rings. The van der Waals surface area contributed by atoms with E-state index in [0.29, 0.717) is 41.6 Å². The van der Waals surface area contributed by atoms with Crippen molar-refractivity contribution in [2.24, 2.45) is 0 Å². The van der Waals surface area contributed by atoms with Gasteiger partial charge in [-0.3, -0.25) is 9.59 Å². The Kier molecular flexibility index (Phi) is 5.99. The summed E-state index contributed by atoms with van der Waals surface area (Å²) in [5.41, 5.74) is 3.50. The molecule has 172 valence electrons. The molecule has 1 fully saturated rings. The molecule has 0 bridgehead atoms. The van der Waals surface area contributed by atoms with E-state index < -0.39 is 0 Å². The molecule has 2 N–H and O–H groups in total. The van der Waals surface area contributed by atoms with E-state index in [4.69, 9.17) is 9.72 Å². The van der Waals surface area contributed by atoms with Crippen LogP contribution in [0.25, 0.3) is 11.0 Å². The molecule has 2 amide bonds. The van der Waals surface area contributed by atoms with Gasteiger partial charge in [-0.25, -0.2) is 4.98 Å². The largest absolute Gasteiger partial charge is 0.497 e. The molecule has 34 heavy (non-hydrogen) atoms. The van der Waals surface area contributed by atoms with Crippen molar-refractivity contribution in [2.45, 2.75) is 18.8 Å². The molecule has 0 atom stereocenters. The lowest BCUT2D eigenvalue weighted by molar-refractivity contribution is 0.0712. The van der Waals surface area contributed by atoms with E-state index in [1.807, 2.05) is 41.3 Å². The molecule has 0 radical (unpaired) electrons. The zero-order chi connectivity index (χ0) is 23.5. The molecule has 1 aliphatic rings. The number of methoxy groups -OCH3 is 1. The second-order valence-corrected chi connectivity index (χ2v) is 8.43. The van der Waals surface area contributed by atoms with E-state index in [9.17, 15) is 9.59 Å². The Hall–Kier alpha value is -4.13. The van der Waals surface area contributed by atoms with Gasteiger partial charge in [0.05, 0.1) is 29.4 Å². The molecule has 0 aliphatic carbocycles. The number of hydrogen-bond donors (Lipinski definition) is 2. The van der Waals surface area contributed by atoms with E-state index >= 15 is 0 Å². The average molecular weight is 455 g/mol. The number of likely N-dealkylation sites (tertiary alicyclic amines) is 1. The highest BCUT2D eigenvalue weighted by Gasteiger charge is 2.27. The number of piperidine rings is 1. The number of benzene rings is 3. The molecular weight excluding hydrogens is 428 g/mol. The van der Waals surface area contributed by atoms with Crippen molar-refractivity contribution in [3.8, 4) is 5.75 Å². The lowest BCUT2D eigenvalue weighted by Gasteiger charge is -2.31. The molecule has 0 unspecified atom stereocenters. The Morgan fingerprint density at radius 2 is 1.68 bits per heavy atom. The molecule has 1 saturated heterocycles. The highest BCUT2D eigenvalue weighted by Crippen LogP contribution is 2.29. The second kappa shape index (κ2) is 9.39. The van der Waals surface area contributed by atoms with Crippen LogP contribution in [0.15, 0.2) is 72.8 Å². The smallest absolute Gasteiger partial charge is 0.255 e. The maximum Gasteiger partial charge on any atom is 0.255 e. The summed E-state index contributed by atoms with van der Waals surface area (Å²) in [6, 6.07) is 22.0. The number of anilines is 1. The number of para-hydroxylation sites is 3. The summed E-state index contributed by atoms with van der Waals surface area (Å²) in [4.78, 5) is 36.1. The predicted molar refractivity (Wildman–Crippen MR) is 131 cm³/mol. The number of nitrogens with one attached hydrogen (secondary N) is 2. The van der Waals surface area contributed by atoms with Crippen LogP contribution in [-0.4, -0.2) is 46.9 Å². The summed E-state index contributed by atoms with van der Waals surface area (Å²) in [5, 5.41) is 2.89. The zero-order valence-corrected chi connectivity index (χ0v) is 19.0. The number of rotatable bonds is 5. The molecule has 7 heteroatoms. The maximum absolute atomic E-state index is 13.3. The first-order chi connectivity index (χ1) is 16.6. The van der Waals surface area contributed by atoms with Gasteiger partial charge in [-0.1, -0.05) is 24.3 Å². The standard InChI is InChI=1S/C27H26N4O3/c1-34-20-12-10-19(11-13-20)26(32)30-22-7-3-2-6-21(22)27(33)31-16-14-18(15-17-31)25-28-23-8-4-5-9-24(23)29-25/h2-13,18H,14-17H2,1H3,(H,28,29)(H,30,32). The fourth-order valence-corrected chi connectivity index (χ4v) is 4.41. The van der Waals surface area contributed by atoms with Gasteiger partial charge in [-0.05, 0) is 61.4 Å². The Balaban J connectivity index is 1.26. The molecule has 1 aromatic heterocycles. The summed E-state index contributed by atoms with van der Waals surface area (Å²) in [5.74, 6) is 1.61. The van der Waals surface area contributed by atoms with Crippen molar-refractivity contribution in [1.82, 2.24) is 14.9 Å². The molecule has 5 rings (SSSR count). The number of fused-ring (bicyclic) bond motifs is 1. The third-order valence-corrected chi connectivity index (χ3v) is 6.33. The first-order valence-corrected chi connectivity index (χ1v) is 11.4. The molecular formula is C27H26N4O3. The lowest BCUT2D eigenvalue weighted by atomic mass is 9.95. The van der Waals surface area contributed by atoms with Gasteiger partial charge in [0.1, 0.15) is 11.6 Å². The molecule has 2 heterocycles. The molecule has 7 nitrogen and oxygen atoms in total. The highest BCUT2D eigenvalue weighted by atomic mass is 16.5. The maximum atomic E-state index is 13.3. The topological polar surface area (TPSA) is 87.3 Å². The van der Waals surface area contributed by atoms with Crippen LogP contribution in [0.3, 0.4) is 0 Å². The van der Waals surface area contributed by atoms with Crippen LogP contribution in [0.5, 0.6) is 5.75 Å². The van der Waals surface area contributed by atoms with Gasteiger partial charge in [0.25, 0.3) is 11.8 Å². The van der Waals surface area contributed by atoms with Gasteiger partial charge in [0.2, 0.25) is 0 Å². The van der Waals surface area contributed by atoms with E-state index in [1.54, 1.807) is 43.5 Å². The van der Waals surface area contributed by atoms with Crippen LogP contribution in [0.1, 0.15) is 45.3 Å². The predicted octanol–water partition coefficient (Wildman–Crippen LogP) is 4.84. The highest BCUT2D eigenvalue weighted by molar-refractivity contribution is 6.09. The van der Waals surface area contributed by atoms with Gasteiger partial charge < -0.3 is 19.9 Å². The number of aromatic amines is 1. The van der Waals surface area contributed by atoms with E-state index in [2.05, 4.69) is 10.3 Å². The van der Waals surface area contributed by atoms with Crippen molar-refractivity contribution >= 4 is 28.5 Å². The summed E-state index contributed by atoms with van der Waals surface area (Å²) < 4.78 is 5.15. The quantitative estimate of drug-likeness (QED) is 0.452. The monoisotopic (exact) mass is 454 g/mol. The first-order valence-electron chi connectivity index (χ1n) is 11.4. The normalized spacial score (nSPS) is 14.2. The van der Waals surface area contributed by atoms with Crippen molar-refractivity contribution in [3.63, 3.8) is 0 Å². The third-order valence-electron chi connectivity index (χ3n) is 6.33. The minimum Gasteiger partial charge on any atom is -0.497 e. The Morgan fingerprint density at radius 1 is 0.971 bits per heavy atom. The van der Waals surface area contributed by atoms with E-state index in [-0.39, 0.29) is 11.8 Å². The third kappa shape index (κ3) is 4.37. The average Bonchev–Trinajstić information content (AvgIpc) is 3.33. The second-order valence-electron chi connectivity index (χ2n) is 8.43. The van der Waals surface area contributed by atoms with Gasteiger partial charge >= 0.3 is 0 Å². The van der Waals surface area contributed by atoms with Crippen LogP contribution >= 0.6 is 0 Å². The fraction of sp³-hybridized carbons (Fsp3) is 0.222. The number of amides is 2. The number of nitrogens with zero attached hydrogens (tertiary/aromatic N) is 2. The van der Waals surface area contributed by atoms with Crippen LogP contribution in [0.4, 0.5) is 5.69 Å². The van der Waals surface area contributed by atoms with Crippen molar-refractivity contribution in [1.29, 1.82) is 0 Å². The number of ether oxygens (including phenoxy) is 1. The van der Waals surface area contributed by atoms with E-state index in [1.165, 1.54) is 0 Å². The van der Waals surface area contributed by atoms with Gasteiger partial charge in [-0.15, -0.1) is 0 Å². The SMILES string of the molecule is COc1ccc(C(=O)Nc2ccccc2C(=O)N2CCC(c3nc4ccccc4[nH]3)CC2)cc1. The van der Waals surface area contributed by atoms with Gasteiger partial charge in [-0.2, -0.15) is 0 Å².